The molecule has 32 heavy (non-hydrogen) atoms. The van der Waals surface area contributed by atoms with Gasteiger partial charge in [-0.15, -0.1) is 11.3 Å². The van der Waals surface area contributed by atoms with Crippen LogP contribution in [0, 0.1) is 11.3 Å². The maximum atomic E-state index is 13.3. The largest absolute Gasteiger partial charge is 0.321 e. The van der Waals surface area contributed by atoms with Crippen molar-refractivity contribution in [3.05, 3.63) is 109 Å². The number of nitriles is 1. The standard InChI is InChI=1S/C24H15ClN4O2S/c25-17-6-8-18(9-7-17)28-22(30)20(15-26)24-29(19-4-2-1-3-5-19)23(31)21(32-24)14-16-10-12-27-13-11-16/h1-14H,(H,28,30). The molecule has 2 heterocycles. The van der Waals surface area contributed by atoms with Crippen molar-refractivity contribution in [3.63, 3.8) is 0 Å². The SMILES string of the molecule is N#CC(C(=O)Nc1ccc(Cl)cc1)=c1sc(=Cc2ccncc2)c(=O)n1-c1ccccc1. The molecule has 8 heteroatoms. The van der Waals surface area contributed by atoms with E-state index in [1.807, 2.05) is 12.1 Å². The monoisotopic (exact) mass is 458 g/mol. The first-order valence-corrected chi connectivity index (χ1v) is 10.7. The van der Waals surface area contributed by atoms with Crippen molar-refractivity contribution in [1.82, 2.24) is 9.55 Å². The molecule has 0 radical (unpaired) electrons. The van der Waals surface area contributed by atoms with Crippen molar-refractivity contribution in [1.29, 1.82) is 5.26 Å². The second kappa shape index (κ2) is 9.43. The van der Waals surface area contributed by atoms with Gasteiger partial charge in [0.05, 0.1) is 10.2 Å². The number of halogens is 1. The van der Waals surface area contributed by atoms with Crippen LogP contribution in [0.4, 0.5) is 5.69 Å². The van der Waals surface area contributed by atoms with Gasteiger partial charge in [-0.2, -0.15) is 5.26 Å². The predicted octanol–water partition coefficient (Wildman–Crippen LogP) is 3.09. The van der Waals surface area contributed by atoms with E-state index in [9.17, 15) is 14.9 Å². The third-order valence-corrected chi connectivity index (χ3v) is 5.84. The number of nitrogens with one attached hydrogen (secondary N) is 1. The number of rotatable bonds is 4. The number of para-hydroxylation sites is 1. The fourth-order valence-electron chi connectivity index (χ4n) is 3.00. The van der Waals surface area contributed by atoms with E-state index in [1.54, 1.807) is 79.1 Å². The first kappa shape index (κ1) is 21.2. The van der Waals surface area contributed by atoms with Crippen LogP contribution in [0.15, 0.2) is 83.9 Å². The Morgan fingerprint density at radius 2 is 1.75 bits per heavy atom. The van der Waals surface area contributed by atoms with Gasteiger partial charge in [-0.25, -0.2) is 0 Å². The van der Waals surface area contributed by atoms with Gasteiger partial charge in [0, 0.05) is 23.1 Å². The van der Waals surface area contributed by atoms with Gasteiger partial charge >= 0.3 is 0 Å². The second-order valence-electron chi connectivity index (χ2n) is 6.62. The van der Waals surface area contributed by atoms with Crippen LogP contribution in [0.1, 0.15) is 5.56 Å². The molecular weight excluding hydrogens is 444 g/mol. The highest BCUT2D eigenvalue weighted by atomic mass is 35.5. The summed E-state index contributed by atoms with van der Waals surface area (Å²) in [6.07, 6.45) is 4.97. The number of hydrogen-bond donors (Lipinski definition) is 1. The Labute approximate surface area is 192 Å². The van der Waals surface area contributed by atoms with E-state index in [0.29, 0.717) is 20.9 Å². The topological polar surface area (TPSA) is 87.8 Å². The minimum atomic E-state index is -0.615. The third-order valence-electron chi connectivity index (χ3n) is 4.50. The minimum Gasteiger partial charge on any atom is -0.321 e. The number of pyridine rings is 1. The zero-order valence-corrected chi connectivity index (χ0v) is 18.1. The molecule has 0 saturated carbocycles. The third kappa shape index (κ3) is 4.52. The molecule has 1 N–H and O–H groups in total. The zero-order chi connectivity index (χ0) is 22.5. The van der Waals surface area contributed by atoms with Gasteiger partial charge in [0.2, 0.25) is 0 Å². The lowest BCUT2D eigenvalue weighted by molar-refractivity contribution is -0.111. The van der Waals surface area contributed by atoms with Gasteiger partial charge in [0.1, 0.15) is 10.7 Å². The Kier molecular flexibility index (Phi) is 6.26. The molecule has 156 valence electrons. The van der Waals surface area contributed by atoms with Gasteiger partial charge in [-0.1, -0.05) is 29.8 Å². The van der Waals surface area contributed by atoms with Crippen LogP contribution in [-0.4, -0.2) is 15.5 Å². The normalized spacial score (nSPS) is 12.2. The molecule has 4 rings (SSSR count). The highest BCUT2D eigenvalue weighted by Crippen LogP contribution is 2.14. The van der Waals surface area contributed by atoms with E-state index >= 15 is 0 Å². The number of nitrogens with zero attached hydrogens (tertiary/aromatic N) is 3. The highest BCUT2D eigenvalue weighted by Gasteiger charge is 2.17. The number of anilines is 1. The van der Waals surface area contributed by atoms with Crippen LogP contribution in [0.25, 0.3) is 17.3 Å². The summed E-state index contributed by atoms with van der Waals surface area (Å²) in [6, 6.07) is 21.0. The molecule has 0 spiro atoms. The Hall–Kier alpha value is -3.99. The summed E-state index contributed by atoms with van der Waals surface area (Å²) in [4.78, 5) is 30.2. The van der Waals surface area contributed by atoms with Gasteiger partial charge < -0.3 is 5.32 Å². The molecule has 0 bridgehead atoms. The highest BCUT2D eigenvalue weighted by molar-refractivity contribution is 7.07. The van der Waals surface area contributed by atoms with Crippen LogP contribution in [0.3, 0.4) is 0 Å². The summed E-state index contributed by atoms with van der Waals surface area (Å²) in [5.41, 5.74) is 1.35. The van der Waals surface area contributed by atoms with Gasteiger partial charge in [0.25, 0.3) is 11.5 Å². The van der Waals surface area contributed by atoms with Crippen molar-refractivity contribution in [2.24, 2.45) is 0 Å². The Morgan fingerprint density at radius 1 is 1.06 bits per heavy atom. The van der Waals surface area contributed by atoms with Crippen LogP contribution in [0.5, 0.6) is 0 Å². The fourth-order valence-corrected chi connectivity index (χ4v) is 4.22. The summed E-state index contributed by atoms with van der Waals surface area (Å²) < 4.78 is 2.02. The predicted molar refractivity (Wildman–Crippen MR) is 126 cm³/mol. The van der Waals surface area contributed by atoms with Crippen LogP contribution in [0.2, 0.25) is 5.02 Å². The smallest absolute Gasteiger partial charge is 0.273 e. The number of hydrogen-bond acceptors (Lipinski definition) is 5. The number of carbonyl (C=O) groups is 1. The van der Waals surface area contributed by atoms with Crippen molar-refractivity contribution in [3.8, 4) is 11.8 Å². The first-order chi connectivity index (χ1) is 15.6. The van der Waals surface area contributed by atoms with E-state index in [1.165, 1.54) is 4.57 Å². The van der Waals surface area contributed by atoms with Gasteiger partial charge in [-0.05, 0) is 60.2 Å². The number of thiazole rings is 1. The molecule has 0 atom stereocenters. The van der Waals surface area contributed by atoms with E-state index in [2.05, 4.69) is 10.3 Å². The average molecular weight is 459 g/mol. The van der Waals surface area contributed by atoms with E-state index in [0.717, 1.165) is 16.9 Å². The number of aromatic nitrogens is 2. The maximum Gasteiger partial charge on any atom is 0.273 e. The van der Waals surface area contributed by atoms with Gasteiger partial charge in [-0.3, -0.25) is 19.1 Å². The summed E-state index contributed by atoms with van der Waals surface area (Å²) >= 11 is 6.98. The average Bonchev–Trinajstić information content (AvgIpc) is 3.12. The fraction of sp³-hybridized carbons (Fsp3) is 0. The quantitative estimate of drug-likeness (QED) is 0.509. The van der Waals surface area contributed by atoms with Gasteiger partial charge in [0.15, 0.2) is 5.57 Å². The Balaban J connectivity index is 1.94. The molecule has 0 fully saturated rings. The molecule has 1 amide bonds. The van der Waals surface area contributed by atoms with E-state index in [-0.39, 0.29) is 15.8 Å². The number of amides is 1. The lowest BCUT2D eigenvalue weighted by Gasteiger charge is -2.06. The lowest BCUT2D eigenvalue weighted by atomic mass is 10.2. The summed E-state index contributed by atoms with van der Waals surface area (Å²) in [6.45, 7) is 0. The summed E-state index contributed by atoms with van der Waals surface area (Å²) in [7, 11) is 0. The molecule has 2 aromatic heterocycles. The molecule has 0 unspecified atom stereocenters. The van der Waals surface area contributed by atoms with E-state index < -0.39 is 5.91 Å². The van der Waals surface area contributed by atoms with Crippen LogP contribution in [-0.2, 0) is 4.79 Å². The van der Waals surface area contributed by atoms with Crippen molar-refractivity contribution < 1.29 is 4.79 Å². The van der Waals surface area contributed by atoms with E-state index in [4.69, 9.17) is 11.6 Å². The number of carbonyl (C=O) groups excluding carboxylic acids is 1. The zero-order valence-electron chi connectivity index (χ0n) is 16.5. The molecular formula is C24H15ClN4O2S. The molecule has 0 saturated heterocycles. The molecule has 0 aliphatic carbocycles. The molecule has 2 aromatic carbocycles. The minimum absolute atomic E-state index is 0.166. The van der Waals surface area contributed by atoms with Crippen molar-refractivity contribution in [2.75, 3.05) is 5.32 Å². The Bertz CT molecular complexity index is 1490. The van der Waals surface area contributed by atoms with Crippen LogP contribution < -0.4 is 20.1 Å². The number of benzene rings is 2. The molecule has 0 aliphatic heterocycles. The maximum absolute atomic E-state index is 13.3. The molecule has 0 aliphatic rings. The second-order valence-corrected chi connectivity index (χ2v) is 8.09. The summed E-state index contributed by atoms with van der Waals surface area (Å²) in [5.74, 6) is -0.615. The van der Waals surface area contributed by atoms with Crippen molar-refractivity contribution >= 4 is 46.2 Å². The van der Waals surface area contributed by atoms with Crippen molar-refractivity contribution in [2.45, 2.75) is 0 Å². The molecule has 4 aromatic rings. The molecule has 6 nitrogen and oxygen atoms in total. The summed E-state index contributed by atoms with van der Waals surface area (Å²) in [5, 5.41) is 13.1. The Morgan fingerprint density at radius 3 is 2.41 bits per heavy atom. The lowest BCUT2D eigenvalue weighted by Crippen LogP contribution is -2.32. The van der Waals surface area contributed by atoms with Crippen LogP contribution >= 0.6 is 22.9 Å². The first-order valence-electron chi connectivity index (χ1n) is 9.47.